The Kier molecular flexibility index (Phi) is 5.78. The predicted octanol–water partition coefficient (Wildman–Crippen LogP) is 3.18. The van der Waals surface area contributed by atoms with Gasteiger partial charge in [-0.3, -0.25) is 0 Å². The molecule has 0 bridgehead atoms. The summed E-state index contributed by atoms with van der Waals surface area (Å²) in [6.07, 6.45) is 4.63. The van der Waals surface area contributed by atoms with Crippen LogP contribution in [0, 0.1) is 5.82 Å². The number of rotatable bonds is 4. The Morgan fingerprint density at radius 2 is 1.92 bits per heavy atom. The van der Waals surface area contributed by atoms with Gasteiger partial charge in [0.2, 0.25) is 0 Å². The molecule has 2 N–H and O–H groups in total. The fourth-order valence-electron chi connectivity index (χ4n) is 3.78. The molecule has 1 aliphatic heterocycles. The number of nitrogens with zero attached hydrogens (tertiary/aromatic N) is 1. The Bertz CT molecular complexity index is 594. The van der Waals surface area contributed by atoms with E-state index in [9.17, 15) is 9.18 Å². The van der Waals surface area contributed by atoms with Crippen molar-refractivity contribution < 1.29 is 13.9 Å². The van der Waals surface area contributed by atoms with E-state index in [0.29, 0.717) is 25.3 Å². The van der Waals surface area contributed by atoms with Gasteiger partial charge in [-0.1, -0.05) is 18.9 Å². The lowest BCUT2D eigenvalue weighted by atomic mass is 10.1. The Labute approximate surface area is 148 Å². The van der Waals surface area contributed by atoms with E-state index in [4.69, 9.17) is 4.74 Å². The van der Waals surface area contributed by atoms with Crippen molar-refractivity contribution in [2.45, 2.75) is 64.3 Å². The smallest absolute Gasteiger partial charge is 0.315 e. The number of halogens is 1. The van der Waals surface area contributed by atoms with E-state index in [0.717, 1.165) is 18.4 Å². The summed E-state index contributed by atoms with van der Waals surface area (Å²) in [6.45, 7) is 5.70. The summed E-state index contributed by atoms with van der Waals surface area (Å²) in [6, 6.07) is 5.29. The number of benzene rings is 1. The second-order valence-electron chi connectivity index (χ2n) is 7.26. The van der Waals surface area contributed by atoms with E-state index in [1.54, 1.807) is 6.07 Å². The van der Waals surface area contributed by atoms with Crippen LogP contribution in [0.5, 0.6) is 0 Å². The highest BCUT2D eigenvalue weighted by molar-refractivity contribution is 5.74. The second-order valence-corrected chi connectivity index (χ2v) is 7.26. The van der Waals surface area contributed by atoms with Crippen molar-refractivity contribution in [3.63, 3.8) is 0 Å². The summed E-state index contributed by atoms with van der Waals surface area (Å²) < 4.78 is 20.2. The van der Waals surface area contributed by atoms with Crippen molar-refractivity contribution in [2.75, 3.05) is 18.0 Å². The maximum absolute atomic E-state index is 14.5. The summed E-state index contributed by atoms with van der Waals surface area (Å²) in [4.78, 5) is 13.9. The Hall–Kier alpha value is -1.82. The van der Waals surface area contributed by atoms with Crippen LogP contribution in [0.3, 0.4) is 0 Å². The van der Waals surface area contributed by atoms with Crippen LogP contribution in [0.15, 0.2) is 18.2 Å². The average molecular weight is 349 g/mol. The molecule has 2 atom stereocenters. The van der Waals surface area contributed by atoms with Crippen molar-refractivity contribution in [3.8, 4) is 0 Å². The number of carbonyl (C=O) groups is 1. The summed E-state index contributed by atoms with van der Waals surface area (Å²) in [5.74, 6) is -0.253. The van der Waals surface area contributed by atoms with Gasteiger partial charge in [0, 0.05) is 25.7 Å². The molecule has 1 heterocycles. The van der Waals surface area contributed by atoms with Gasteiger partial charge in [0.15, 0.2) is 0 Å². The fourth-order valence-corrected chi connectivity index (χ4v) is 3.78. The molecule has 25 heavy (non-hydrogen) atoms. The Morgan fingerprint density at radius 1 is 1.24 bits per heavy atom. The number of carbonyl (C=O) groups excluding carboxylic acids is 1. The predicted molar refractivity (Wildman–Crippen MR) is 96.2 cm³/mol. The van der Waals surface area contributed by atoms with Crippen molar-refractivity contribution in [1.82, 2.24) is 10.6 Å². The van der Waals surface area contributed by atoms with Crippen LogP contribution in [0.25, 0.3) is 0 Å². The van der Waals surface area contributed by atoms with Gasteiger partial charge in [0.1, 0.15) is 5.82 Å². The minimum absolute atomic E-state index is 0.0868. The SMILES string of the molecule is C[C@H]1CN(c2ccc(CNC(=O)NC3CCCC3)cc2F)C[C@H](C)O1. The van der Waals surface area contributed by atoms with Gasteiger partial charge < -0.3 is 20.3 Å². The monoisotopic (exact) mass is 349 g/mol. The standard InChI is InChI=1S/C19H28FN3O2/c1-13-11-23(12-14(2)25-13)18-8-7-15(9-17(18)20)10-21-19(24)22-16-5-3-4-6-16/h7-9,13-14,16H,3-6,10-12H2,1-2H3,(H2,21,22,24)/t13-,14-/m0/s1. The van der Waals surface area contributed by atoms with Crippen molar-refractivity contribution in [1.29, 1.82) is 0 Å². The number of urea groups is 1. The van der Waals surface area contributed by atoms with Gasteiger partial charge in [-0.15, -0.1) is 0 Å². The number of hydrogen-bond acceptors (Lipinski definition) is 3. The quantitative estimate of drug-likeness (QED) is 0.878. The minimum atomic E-state index is -0.253. The maximum Gasteiger partial charge on any atom is 0.315 e. The lowest BCUT2D eigenvalue weighted by Gasteiger charge is -2.37. The molecule has 1 aromatic carbocycles. The van der Waals surface area contributed by atoms with E-state index >= 15 is 0 Å². The maximum atomic E-state index is 14.5. The average Bonchev–Trinajstić information content (AvgIpc) is 3.05. The molecule has 1 aliphatic carbocycles. The van der Waals surface area contributed by atoms with Crippen LogP contribution in [0.2, 0.25) is 0 Å². The first-order valence-electron chi connectivity index (χ1n) is 9.24. The van der Waals surface area contributed by atoms with E-state index in [1.165, 1.54) is 18.9 Å². The molecule has 1 saturated heterocycles. The first-order chi connectivity index (χ1) is 12.0. The number of morpholine rings is 1. The third-order valence-corrected chi connectivity index (χ3v) is 4.92. The molecule has 2 aliphatic rings. The molecular weight excluding hydrogens is 321 g/mol. The van der Waals surface area contributed by atoms with Crippen LogP contribution >= 0.6 is 0 Å². The van der Waals surface area contributed by atoms with E-state index in [2.05, 4.69) is 10.6 Å². The molecule has 2 fully saturated rings. The first-order valence-corrected chi connectivity index (χ1v) is 9.24. The summed E-state index contributed by atoms with van der Waals surface area (Å²) in [7, 11) is 0. The molecule has 138 valence electrons. The topological polar surface area (TPSA) is 53.6 Å². The molecule has 0 aromatic heterocycles. The lowest BCUT2D eigenvalue weighted by Crippen LogP contribution is -2.45. The van der Waals surface area contributed by atoms with Crippen LogP contribution in [0.1, 0.15) is 45.1 Å². The fraction of sp³-hybridized carbons (Fsp3) is 0.632. The Balaban J connectivity index is 1.55. The number of nitrogens with one attached hydrogen (secondary N) is 2. The van der Waals surface area contributed by atoms with Crippen molar-refractivity contribution in [3.05, 3.63) is 29.6 Å². The zero-order valence-electron chi connectivity index (χ0n) is 15.1. The molecule has 1 aromatic rings. The lowest BCUT2D eigenvalue weighted by molar-refractivity contribution is -0.00539. The number of hydrogen-bond donors (Lipinski definition) is 2. The highest BCUT2D eigenvalue weighted by Gasteiger charge is 2.24. The largest absolute Gasteiger partial charge is 0.372 e. The molecule has 1 saturated carbocycles. The Morgan fingerprint density at radius 3 is 2.56 bits per heavy atom. The van der Waals surface area contributed by atoms with Gasteiger partial charge in [-0.05, 0) is 44.4 Å². The molecular formula is C19H28FN3O2. The van der Waals surface area contributed by atoms with Gasteiger partial charge in [0.05, 0.1) is 17.9 Å². The van der Waals surface area contributed by atoms with Gasteiger partial charge in [0.25, 0.3) is 0 Å². The molecule has 5 nitrogen and oxygen atoms in total. The van der Waals surface area contributed by atoms with Crippen molar-refractivity contribution in [2.24, 2.45) is 0 Å². The van der Waals surface area contributed by atoms with Crippen LogP contribution in [-0.4, -0.2) is 37.4 Å². The van der Waals surface area contributed by atoms with Gasteiger partial charge in [-0.25, -0.2) is 9.18 Å². The molecule has 6 heteroatoms. The second kappa shape index (κ2) is 8.04. The summed E-state index contributed by atoms with van der Waals surface area (Å²) >= 11 is 0. The first kappa shape index (κ1) is 18.0. The van der Waals surface area contributed by atoms with Crippen LogP contribution in [0.4, 0.5) is 14.9 Å². The number of ether oxygens (including phenoxy) is 1. The molecule has 0 radical (unpaired) electrons. The normalized spacial score (nSPS) is 24.4. The molecule has 3 rings (SSSR count). The summed E-state index contributed by atoms with van der Waals surface area (Å²) in [5, 5.41) is 5.79. The minimum Gasteiger partial charge on any atom is -0.372 e. The zero-order chi connectivity index (χ0) is 17.8. The van der Waals surface area contributed by atoms with Gasteiger partial charge >= 0.3 is 6.03 Å². The van der Waals surface area contributed by atoms with E-state index in [-0.39, 0.29) is 30.1 Å². The van der Waals surface area contributed by atoms with Gasteiger partial charge in [-0.2, -0.15) is 0 Å². The summed E-state index contributed by atoms with van der Waals surface area (Å²) in [5.41, 5.74) is 1.36. The molecule has 0 unspecified atom stereocenters. The molecule has 0 spiro atoms. The van der Waals surface area contributed by atoms with E-state index < -0.39 is 0 Å². The van der Waals surface area contributed by atoms with E-state index in [1.807, 2.05) is 24.8 Å². The van der Waals surface area contributed by atoms with Crippen molar-refractivity contribution >= 4 is 11.7 Å². The third kappa shape index (κ3) is 4.84. The zero-order valence-corrected chi connectivity index (χ0v) is 15.1. The highest BCUT2D eigenvalue weighted by Crippen LogP contribution is 2.24. The number of amides is 2. The van der Waals surface area contributed by atoms with Crippen LogP contribution < -0.4 is 15.5 Å². The van der Waals surface area contributed by atoms with Crippen LogP contribution in [-0.2, 0) is 11.3 Å². The number of anilines is 1. The third-order valence-electron chi connectivity index (χ3n) is 4.92. The molecule has 2 amide bonds. The highest BCUT2D eigenvalue weighted by atomic mass is 19.1.